The molecule has 0 radical (unpaired) electrons. The second kappa shape index (κ2) is 6.79. The lowest BCUT2D eigenvalue weighted by molar-refractivity contribution is 0.0790. The molecule has 7 heteroatoms. The Labute approximate surface area is 174 Å². The average molecular weight is 398 g/mol. The topological polar surface area (TPSA) is 68.3 Å². The summed E-state index contributed by atoms with van der Waals surface area (Å²) < 4.78 is 3.77. The first-order valence-electron chi connectivity index (χ1n) is 10.5. The van der Waals surface area contributed by atoms with E-state index in [0.29, 0.717) is 12.1 Å². The molecule has 150 valence electrons. The summed E-state index contributed by atoms with van der Waals surface area (Å²) >= 11 is 0. The number of hydrogen-bond acceptors (Lipinski definition) is 4. The van der Waals surface area contributed by atoms with Crippen LogP contribution in [0.1, 0.15) is 45.9 Å². The molecule has 4 heterocycles. The lowest BCUT2D eigenvalue weighted by Gasteiger charge is -2.16. The van der Waals surface area contributed by atoms with Gasteiger partial charge in [-0.15, -0.1) is 5.10 Å². The molecule has 2 aliphatic rings. The largest absolute Gasteiger partial charge is 0.338 e. The number of benzene rings is 1. The lowest BCUT2D eigenvalue weighted by Crippen LogP contribution is -2.28. The number of amides is 1. The van der Waals surface area contributed by atoms with Crippen molar-refractivity contribution in [2.75, 3.05) is 13.1 Å². The summed E-state index contributed by atoms with van der Waals surface area (Å²) in [7, 11) is 0. The molecule has 1 amide bonds. The number of carbonyl (C=O) groups excluding carboxylic acids is 1. The van der Waals surface area contributed by atoms with E-state index in [1.165, 1.54) is 24.0 Å². The number of likely N-dealkylation sites (tertiary alicyclic amines) is 1. The average Bonchev–Trinajstić information content (AvgIpc) is 3.57. The zero-order valence-corrected chi connectivity index (χ0v) is 16.6. The van der Waals surface area contributed by atoms with Gasteiger partial charge in [0.05, 0.1) is 35.6 Å². The van der Waals surface area contributed by atoms with Gasteiger partial charge in [-0.1, -0.05) is 11.3 Å². The zero-order valence-electron chi connectivity index (χ0n) is 16.6. The second-order valence-electron chi connectivity index (χ2n) is 8.27. The van der Waals surface area contributed by atoms with Crippen molar-refractivity contribution in [2.45, 2.75) is 31.6 Å². The fourth-order valence-corrected chi connectivity index (χ4v) is 4.71. The molecule has 3 aromatic heterocycles. The van der Waals surface area contributed by atoms with Crippen molar-refractivity contribution in [3.63, 3.8) is 0 Å². The highest BCUT2D eigenvalue weighted by molar-refractivity contribution is 5.95. The van der Waals surface area contributed by atoms with E-state index >= 15 is 0 Å². The van der Waals surface area contributed by atoms with E-state index < -0.39 is 0 Å². The van der Waals surface area contributed by atoms with E-state index in [9.17, 15) is 4.79 Å². The van der Waals surface area contributed by atoms with Crippen LogP contribution in [0.2, 0.25) is 0 Å². The number of rotatable bonds is 3. The number of nitrogens with zero attached hydrogens (tertiary/aromatic N) is 6. The minimum Gasteiger partial charge on any atom is -0.338 e. The third kappa shape index (κ3) is 2.89. The molecule has 1 saturated heterocycles. The molecule has 1 aliphatic heterocycles. The zero-order chi connectivity index (χ0) is 20.1. The molecule has 0 spiro atoms. The predicted octanol–water partition coefficient (Wildman–Crippen LogP) is 3.03. The summed E-state index contributed by atoms with van der Waals surface area (Å²) in [4.78, 5) is 19.0. The molecule has 1 aromatic carbocycles. The summed E-state index contributed by atoms with van der Waals surface area (Å²) in [5.41, 5.74) is 6.53. The minimum atomic E-state index is 0.0622. The van der Waals surface area contributed by atoms with Gasteiger partial charge in [-0.25, -0.2) is 9.67 Å². The molecule has 7 nitrogen and oxygen atoms in total. The molecule has 0 N–H and O–H groups in total. The Bertz CT molecular complexity index is 1260. The van der Waals surface area contributed by atoms with Crippen molar-refractivity contribution in [1.29, 1.82) is 0 Å². The lowest BCUT2D eigenvalue weighted by atomic mass is 10.1. The summed E-state index contributed by atoms with van der Waals surface area (Å²) in [6, 6.07) is 10.3. The van der Waals surface area contributed by atoms with Crippen LogP contribution >= 0.6 is 0 Å². The maximum Gasteiger partial charge on any atom is 0.254 e. The SMILES string of the molecule is O=C(c1ccn2cncc2c1)N1CCC(c2cn(-c3ccc4c(c3)CCC4)nn2)C1. The van der Waals surface area contributed by atoms with Crippen molar-refractivity contribution in [1.82, 2.24) is 29.3 Å². The number of pyridine rings is 1. The fourth-order valence-electron chi connectivity index (χ4n) is 4.71. The van der Waals surface area contributed by atoms with Gasteiger partial charge in [0.25, 0.3) is 5.91 Å². The summed E-state index contributed by atoms with van der Waals surface area (Å²) in [5.74, 6) is 0.281. The molecule has 1 aliphatic carbocycles. The molecule has 0 saturated carbocycles. The van der Waals surface area contributed by atoms with Crippen LogP contribution in [0.4, 0.5) is 0 Å². The van der Waals surface area contributed by atoms with Gasteiger partial charge in [0.1, 0.15) is 0 Å². The van der Waals surface area contributed by atoms with Crippen molar-refractivity contribution >= 4 is 11.4 Å². The Morgan fingerprint density at radius 2 is 2.03 bits per heavy atom. The first-order valence-corrected chi connectivity index (χ1v) is 10.5. The first-order chi connectivity index (χ1) is 14.7. The minimum absolute atomic E-state index is 0.0622. The number of fused-ring (bicyclic) bond motifs is 2. The van der Waals surface area contributed by atoms with Gasteiger partial charge in [0, 0.05) is 30.8 Å². The Kier molecular flexibility index (Phi) is 3.94. The summed E-state index contributed by atoms with van der Waals surface area (Å²) in [6.07, 6.45) is 11.9. The van der Waals surface area contributed by atoms with Gasteiger partial charge < -0.3 is 9.30 Å². The van der Waals surface area contributed by atoms with Crippen LogP contribution in [-0.4, -0.2) is 48.3 Å². The maximum absolute atomic E-state index is 13.0. The van der Waals surface area contributed by atoms with Crippen LogP contribution < -0.4 is 0 Å². The molecule has 1 unspecified atom stereocenters. The second-order valence-corrected chi connectivity index (χ2v) is 8.27. The number of carbonyl (C=O) groups is 1. The first kappa shape index (κ1) is 17.4. The van der Waals surface area contributed by atoms with E-state index in [-0.39, 0.29) is 11.8 Å². The molecular formula is C23H22N6O. The number of aryl methyl sites for hydroxylation is 2. The van der Waals surface area contributed by atoms with Gasteiger partial charge >= 0.3 is 0 Å². The summed E-state index contributed by atoms with van der Waals surface area (Å²) in [5, 5.41) is 8.80. The standard InChI is InChI=1S/C23H22N6O/c30-23(18-6-9-28-15-24-12-21(28)11-18)27-8-7-19(13-27)22-14-29(26-25-22)20-5-4-16-2-1-3-17(16)10-20/h4-6,9-12,14-15,19H,1-3,7-8,13H2. The highest BCUT2D eigenvalue weighted by Crippen LogP contribution is 2.28. The fraction of sp³-hybridized carbons (Fsp3) is 0.304. The Hall–Kier alpha value is -3.48. The molecule has 30 heavy (non-hydrogen) atoms. The van der Waals surface area contributed by atoms with Gasteiger partial charge in [-0.05, 0) is 61.1 Å². The summed E-state index contributed by atoms with van der Waals surface area (Å²) in [6.45, 7) is 1.41. The maximum atomic E-state index is 13.0. The molecule has 0 bridgehead atoms. The third-order valence-electron chi connectivity index (χ3n) is 6.41. The van der Waals surface area contributed by atoms with Crippen molar-refractivity contribution in [2.24, 2.45) is 0 Å². The number of hydrogen-bond donors (Lipinski definition) is 0. The van der Waals surface area contributed by atoms with E-state index in [2.05, 4.69) is 33.5 Å². The number of aromatic nitrogens is 5. The van der Waals surface area contributed by atoms with Crippen molar-refractivity contribution < 1.29 is 4.79 Å². The van der Waals surface area contributed by atoms with Gasteiger partial charge in [-0.3, -0.25) is 4.79 Å². The quantitative estimate of drug-likeness (QED) is 0.532. The normalized spacial score (nSPS) is 18.3. The van der Waals surface area contributed by atoms with Crippen LogP contribution in [0.3, 0.4) is 0 Å². The highest BCUT2D eigenvalue weighted by Gasteiger charge is 2.30. The van der Waals surface area contributed by atoms with Crippen LogP contribution in [0.25, 0.3) is 11.2 Å². The molecule has 6 rings (SSSR count). The van der Waals surface area contributed by atoms with Crippen molar-refractivity contribution in [3.8, 4) is 5.69 Å². The molecule has 1 atom stereocenters. The monoisotopic (exact) mass is 398 g/mol. The van der Waals surface area contributed by atoms with E-state index in [1.54, 1.807) is 12.5 Å². The van der Waals surface area contributed by atoms with Crippen LogP contribution in [0.15, 0.2) is 55.2 Å². The van der Waals surface area contributed by atoms with Gasteiger partial charge in [-0.2, -0.15) is 0 Å². The molecule has 4 aromatic rings. The highest BCUT2D eigenvalue weighted by atomic mass is 16.2. The molecule has 1 fully saturated rings. The van der Waals surface area contributed by atoms with Gasteiger partial charge in [0.2, 0.25) is 0 Å². The Balaban J connectivity index is 1.19. The van der Waals surface area contributed by atoms with Crippen LogP contribution in [-0.2, 0) is 12.8 Å². The van der Waals surface area contributed by atoms with Gasteiger partial charge in [0.15, 0.2) is 0 Å². The number of imidazole rings is 1. The van der Waals surface area contributed by atoms with Crippen LogP contribution in [0.5, 0.6) is 0 Å². The van der Waals surface area contributed by atoms with E-state index in [0.717, 1.165) is 36.3 Å². The Morgan fingerprint density at radius 1 is 1.10 bits per heavy atom. The van der Waals surface area contributed by atoms with E-state index in [1.807, 2.05) is 38.5 Å². The predicted molar refractivity (Wildman–Crippen MR) is 112 cm³/mol. The third-order valence-corrected chi connectivity index (χ3v) is 6.41. The van der Waals surface area contributed by atoms with Crippen LogP contribution in [0, 0.1) is 0 Å². The van der Waals surface area contributed by atoms with E-state index in [4.69, 9.17) is 0 Å². The smallest absolute Gasteiger partial charge is 0.254 e. The van der Waals surface area contributed by atoms with Crippen molar-refractivity contribution in [3.05, 3.63) is 77.6 Å². The Morgan fingerprint density at radius 3 is 3.00 bits per heavy atom. The molecular weight excluding hydrogens is 376 g/mol.